The van der Waals surface area contributed by atoms with Crippen LogP contribution in [0.4, 0.5) is 0 Å². The smallest absolute Gasteiger partial charge is 0.308 e. The minimum atomic E-state index is -1.09. The van der Waals surface area contributed by atoms with Crippen LogP contribution in [0.25, 0.3) is 0 Å². The highest BCUT2D eigenvalue weighted by Gasteiger charge is 2.42. The number of rotatable bonds is 5. The minimum absolute atomic E-state index is 0.0224. The molecule has 0 bridgehead atoms. The van der Waals surface area contributed by atoms with E-state index in [9.17, 15) is 28.8 Å². The van der Waals surface area contributed by atoms with Crippen molar-refractivity contribution in [1.29, 1.82) is 0 Å². The summed E-state index contributed by atoms with van der Waals surface area (Å²) in [6.07, 6.45) is 0.133. The number of nitrogens with one attached hydrogen (secondary N) is 2. The number of esters is 1. The third kappa shape index (κ3) is 9.04. The van der Waals surface area contributed by atoms with E-state index >= 15 is 0 Å². The largest absolute Gasteiger partial charge is 0.452 e. The number of carbonyl (C=O) groups excluding carboxylic acids is 6. The molecule has 1 aromatic rings. The van der Waals surface area contributed by atoms with Crippen LogP contribution in [0.3, 0.4) is 0 Å². The van der Waals surface area contributed by atoms with Crippen LogP contribution in [-0.4, -0.2) is 108 Å². The van der Waals surface area contributed by atoms with Gasteiger partial charge in [-0.3, -0.25) is 28.8 Å². The molecule has 5 amide bonds. The molecule has 2 N–H and O–H groups in total. The van der Waals surface area contributed by atoms with Crippen molar-refractivity contribution in [3.8, 4) is 0 Å². The Hall–Kier alpha value is -3.96. The van der Waals surface area contributed by atoms with Gasteiger partial charge in [0.2, 0.25) is 23.6 Å². The van der Waals surface area contributed by atoms with Crippen LogP contribution in [0, 0.1) is 11.8 Å². The standard InChI is InChI=1S/C33H49N5O7/c1-20(2)18-26-32(43)38-17-11-14-25(38)30(41)35-24(19-23-12-9-8-10-13-23)31(42)37(7)28(21(3)4)33(44)36(6)22(5)29(40)34-16-15-27(39)45-26/h8-10,12-13,20-22,24-26,28H,11,14-19H2,1-7H3,(H,34,40)(H,35,41)/t22-,24?,25-,26-,28-/m0/s1. The molecule has 1 unspecified atom stereocenters. The van der Waals surface area contributed by atoms with Gasteiger partial charge in [-0.2, -0.15) is 0 Å². The molecule has 3 rings (SSSR count). The van der Waals surface area contributed by atoms with Crippen LogP contribution < -0.4 is 10.6 Å². The lowest BCUT2D eigenvalue weighted by atomic mass is 9.98. The van der Waals surface area contributed by atoms with E-state index in [1.165, 1.54) is 28.8 Å². The molecule has 12 heteroatoms. The summed E-state index contributed by atoms with van der Waals surface area (Å²) >= 11 is 0. The summed E-state index contributed by atoms with van der Waals surface area (Å²) in [5.74, 6) is -3.27. The highest BCUT2D eigenvalue weighted by atomic mass is 16.5. The zero-order valence-corrected chi connectivity index (χ0v) is 27.6. The van der Waals surface area contributed by atoms with Crippen molar-refractivity contribution in [2.45, 2.75) is 97.0 Å². The Kier molecular flexibility index (Phi) is 12.5. The fourth-order valence-electron chi connectivity index (χ4n) is 5.94. The lowest BCUT2D eigenvalue weighted by molar-refractivity contribution is -0.162. The molecule has 2 saturated heterocycles. The van der Waals surface area contributed by atoms with E-state index in [0.717, 1.165) is 5.56 Å². The monoisotopic (exact) mass is 627 g/mol. The molecule has 45 heavy (non-hydrogen) atoms. The molecule has 2 fully saturated rings. The van der Waals surface area contributed by atoms with E-state index in [1.54, 1.807) is 6.92 Å². The Morgan fingerprint density at radius 3 is 2.18 bits per heavy atom. The van der Waals surface area contributed by atoms with E-state index in [1.807, 2.05) is 58.0 Å². The molecule has 5 atom stereocenters. The van der Waals surface area contributed by atoms with Gasteiger partial charge in [0.15, 0.2) is 6.10 Å². The van der Waals surface area contributed by atoms with Crippen LogP contribution in [0.1, 0.15) is 65.9 Å². The lowest BCUT2D eigenvalue weighted by Gasteiger charge is -2.37. The normalized spacial score (nSPS) is 26.7. The van der Waals surface area contributed by atoms with Crippen molar-refractivity contribution in [1.82, 2.24) is 25.3 Å². The average molecular weight is 628 g/mol. The Morgan fingerprint density at radius 1 is 0.889 bits per heavy atom. The molecule has 1 aromatic carbocycles. The Morgan fingerprint density at radius 2 is 1.56 bits per heavy atom. The third-order valence-corrected chi connectivity index (χ3v) is 8.56. The number of fused-ring (bicyclic) bond motifs is 1. The first-order chi connectivity index (χ1) is 21.2. The van der Waals surface area contributed by atoms with Gasteiger partial charge in [-0.1, -0.05) is 58.0 Å². The van der Waals surface area contributed by atoms with Gasteiger partial charge in [-0.25, -0.2) is 0 Å². The zero-order valence-electron chi connectivity index (χ0n) is 27.6. The molecule has 2 aliphatic heterocycles. The first-order valence-corrected chi connectivity index (χ1v) is 15.9. The number of benzene rings is 1. The molecule has 12 nitrogen and oxygen atoms in total. The fraction of sp³-hybridized carbons (Fsp3) is 0.636. The van der Waals surface area contributed by atoms with Gasteiger partial charge in [0, 0.05) is 33.6 Å². The minimum Gasteiger partial charge on any atom is -0.452 e. The van der Waals surface area contributed by atoms with Gasteiger partial charge in [0.1, 0.15) is 24.2 Å². The van der Waals surface area contributed by atoms with Crippen LogP contribution in [0.2, 0.25) is 0 Å². The lowest BCUT2D eigenvalue weighted by Crippen LogP contribution is -2.60. The second-order valence-electron chi connectivity index (χ2n) is 12.9. The van der Waals surface area contributed by atoms with E-state index in [4.69, 9.17) is 4.74 Å². The Balaban J connectivity index is 2.04. The zero-order chi connectivity index (χ0) is 33.4. The quantitative estimate of drug-likeness (QED) is 0.471. The summed E-state index contributed by atoms with van der Waals surface area (Å²) in [4.78, 5) is 85.3. The number of nitrogens with zero attached hydrogens (tertiary/aromatic N) is 3. The van der Waals surface area contributed by atoms with Gasteiger partial charge in [-0.05, 0) is 43.6 Å². The predicted molar refractivity (Wildman–Crippen MR) is 167 cm³/mol. The van der Waals surface area contributed by atoms with E-state index in [0.29, 0.717) is 19.4 Å². The number of hydrogen-bond donors (Lipinski definition) is 2. The van der Waals surface area contributed by atoms with E-state index < -0.39 is 65.8 Å². The summed E-state index contributed by atoms with van der Waals surface area (Å²) in [5.41, 5.74) is 0.807. The number of amides is 5. The first-order valence-electron chi connectivity index (χ1n) is 15.9. The molecule has 0 radical (unpaired) electrons. The van der Waals surface area contributed by atoms with Gasteiger partial charge in [0.25, 0.3) is 5.91 Å². The van der Waals surface area contributed by atoms with E-state index in [2.05, 4.69) is 10.6 Å². The van der Waals surface area contributed by atoms with Crippen LogP contribution in [-0.2, 0) is 39.9 Å². The maximum atomic E-state index is 14.1. The van der Waals surface area contributed by atoms with Crippen molar-refractivity contribution < 1.29 is 33.5 Å². The highest BCUT2D eigenvalue weighted by molar-refractivity contribution is 5.96. The first kappa shape index (κ1) is 35.5. The van der Waals surface area contributed by atoms with Crippen molar-refractivity contribution in [3.63, 3.8) is 0 Å². The summed E-state index contributed by atoms with van der Waals surface area (Å²) in [7, 11) is 3.03. The van der Waals surface area contributed by atoms with Crippen molar-refractivity contribution >= 4 is 35.5 Å². The average Bonchev–Trinajstić information content (AvgIpc) is 3.48. The number of ether oxygens (including phenoxy) is 1. The molecular formula is C33H49N5O7. The fourth-order valence-corrected chi connectivity index (χ4v) is 5.94. The van der Waals surface area contributed by atoms with Crippen LogP contribution in [0.5, 0.6) is 0 Å². The summed E-state index contributed by atoms with van der Waals surface area (Å²) < 4.78 is 5.62. The second kappa shape index (κ2) is 15.9. The van der Waals surface area contributed by atoms with E-state index in [-0.39, 0.29) is 37.6 Å². The van der Waals surface area contributed by atoms with Crippen LogP contribution in [0.15, 0.2) is 30.3 Å². The summed E-state index contributed by atoms with van der Waals surface area (Å²) in [6, 6.07) is 5.52. The number of carbonyl (C=O) groups is 6. The second-order valence-corrected chi connectivity index (χ2v) is 12.9. The van der Waals surface area contributed by atoms with Gasteiger partial charge >= 0.3 is 5.97 Å². The topological polar surface area (TPSA) is 145 Å². The van der Waals surface area contributed by atoms with Gasteiger partial charge in [-0.15, -0.1) is 0 Å². The van der Waals surface area contributed by atoms with Gasteiger partial charge < -0.3 is 30.1 Å². The highest BCUT2D eigenvalue weighted by Crippen LogP contribution is 2.23. The maximum absolute atomic E-state index is 14.1. The Labute approximate surface area is 266 Å². The van der Waals surface area contributed by atoms with Crippen molar-refractivity contribution in [2.75, 3.05) is 27.2 Å². The third-order valence-electron chi connectivity index (χ3n) is 8.56. The predicted octanol–water partition coefficient (Wildman–Crippen LogP) is 1.51. The maximum Gasteiger partial charge on any atom is 0.308 e. The molecule has 0 aromatic heterocycles. The molecule has 2 heterocycles. The number of likely N-dealkylation sites (N-methyl/N-ethyl adjacent to an activating group) is 2. The Bertz CT molecular complexity index is 1240. The number of hydrogen-bond acceptors (Lipinski definition) is 7. The molecule has 0 saturated carbocycles. The SMILES string of the molecule is CC(C)C[C@@H]1OC(=O)CCNC(=O)[C@H](C)N(C)C(=O)[C@H](C(C)C)N(C)C(=O)C(Cc2ccccc2)NC(=O)[C@@H]2CCCN2C1=O. The molecular weight excluding hydrogens is 578 g/mol. The van der Waals surface area contributed by atoms with Gasteiger partial charge in [0.05, 0.1) is 6.42 Å². The molecule has 2 aliphatic rings. The summed E-state index contributed by atoms with van der Waals surface area (Å²) in [5, 5.41) is 5.57. The number of cyclic esters (lactones) is 1. The summed E-state index contributed by atoms with van der Waals surface area (Å²) in [6.45, 7) is 9.27. The van der Waals surface area contributed by atoms with Crippen LogP contribution >= 0.6 is 0 Å². The van der Waals surface area contributed by atoms with Crippen molar-refractivity contribution in [3.05, 3.63) is 35.9 Å². The van der Waals surface area contributed by atoms with Crippen molar-refractivity contribution in [2.24, 2.45) is 11.8 Å². The molecule has 0 spiro atoms. The molecule has 248 valence electrons. The molecule has 0 aliphatic carbocycles.